The minimum absolute atomic E-state index is 0.0418. The Morgan fingerprint density at radius 2 is 2.16 bits per heavy atom. The maximum atomic E-state index is 12.3. The number of aliphatic hydroxyl groups is 1. The smallest absolute Gasteiger partial charge is 0.306 e. The van der Waals surface area contributed by atoms with Crippen molar-refractivity contribution in [3.63, 3.8) is 0 Å². The third-order valence-electron chi connectivity index (χ3n) is 3.79. The SMILES string of the molecule is CCC1(C(=O)NCC(C)(O)CC(=O)O)CCCNC1. The van der Waals surface area contributed by atoms with E-state index in [1.807, 2.05) is 6.92 Å². The van der Waals surface area contributed by atoms with Gasteiger partial charge in [0.1, 0.15) is 0 Å². The fraction of sp³-hybridized carbons (Fsp3) is 0.846. The van der Waals surface area contributed by atoms with Gasteiger partial charge in [0.2, 0.25) is 5.91 Å². The average molecular weight is 272 g/mol. The molecule has 4 N–H and O–H groups in total. The summed E-state index contributed by atoms with van der Waals surface area (Å²) < 4.78 is 0. The second-order valence-electron chi connectivity index (χ2n) is 5.66. The van der Waals surface area contributed by atoms with Crippen LogP contribution in [0.2, 0.25) is 0 Å². The van der Waals surface area contributed by atoms with E-state index in [1.165, 1.54) is 6.92 Å². The molecule has 6 heteroatoms. The molecule has 0 radical (unpaired) electrons. The standard InChI is InChI=1S/C13H24N2O4/c1-3-13(5-4-6-14-9-13)11(18)15-8-12(2,19)7-10(16)17/h14,19H,3-9H2,1-2H3,(H,15,18)(H,16,17). The normalized spacial score (nSPS) is 26.5. The van der Waals surface area contributed by atoms with E-state index in [2.05, 4.69) is 10.6 Å². The molecule has 110 valence electrons. The van der Waals surface area contributed by atoms with Crippen LogP contribution in [-0.4, -0.2) is 47.3 Å². The largest absolute Gasteiger partial charge is 0.481 e. The summed E-state index contributed by atoms with van der Waals surface area (Å²) in [7, 11) is 0. The van der Waals surface area contributed by atoms with Crippen LogP contribution in [0.5, 0.6) is 0 Å². The van der Waals surface area contributed by atoms with Crippen LogP contribution < -0.4 is 10.6 Å². The van der Waals surface area contributed by atoms with Crippen molar-refractivity contribution in [1.29, 1.82) is 0 Å². The number of carboxylic acid groups (broad SMARTS) is 1. The first-order chi connectivity index (χ1) is 8.81. The van der Waals surface area contributed by atoms with Crippen molar-refractivity contribution >= 4 is 11.9 Å². The molecule has 1 aliphatic rings. The first kappa shape index (κ1) is 15.9. The molecule has 0 aliphatic carbocycles. The second-order valence-corrected chi connectivity index (χ2v) is 5.66. The second kappa shape index (κ2) is 6.34. The molecule has 1 heterocycles. The summed E-state index contributed by atoms with van der Waals surface area (Å²) in [5, 5.41) is 24.5. The highest BCUT2D eigenvalue weighted by Gasteiger charge is 2.38. The lowest BCUT2D eigenvalue weighted by Crippen LogP contribution is -2.53. The van der Waals surface area contributed by atoms with Gasteiger partial charge in [0.15, 0.2) is 0 Å². The van der Waals surface area contributed by atoms with Crippen LogP contribution in [0, 0.1) is 5.41 Å². The van der Waals surface area contributed by atoms with Crippen LogP contribution in [0.3, 0.4) is 0 Å². The summed E-state index contributed by atoms with van der Waals surface area (Å²) in [5.74, 6) is -1.18. The van der Waals surface area contributed by atoms with Gasteiger partial charge in [-0.25, -0.2) is 0 Å². The Morgan fingerprint density at radius 3 is 2.63 bits per heavy atom. The van der Waals surface area contributed by atoms with Crippen molar-refractivity contribution in [2.24, 2.45) is 5.41 Å². The minimum Gasteiger partial charge on any atom is -0.481 e. The molecular weight excluding hydrogens is 248 g/mol. The molecule has 0 spiro atoms. The van der Waals surface area contributed by atoms with Crippen molar-refractivity contribution in [3.8, 4) is 0 Å². The summed E-state index contributed by atoms with van der Waals surface area (Å²) in [6.07, 6.45) is 2.12. The maximum absolute atomic E-state index is 12.3. The Balaban J connectivity index is 2.56. The van der Waals surface area contributed by atoms with Crippen LogP contribution in [0.1, 0.15) is 39.5 Å². The molecule has 1 fully saturated rings. The molecule has 0 bridgehead atoms. The highest BCUT2D eigenvalue weighted by Crippen LogP contribution is 2.30. The topological polar surface area (TPSA) is 98.7 Å². The lowest BCUT2D eigenvalue weighted by atomic mass is 9.77. The summed E-state index contributed by atoms with van der Waals surface area (Å²) in [6, 6.07) is 0. The lowest BCUT2D eigenvalue weighted by Gasteiger charge is -2.36. The van der Waals surface area contributed by atoms with Crippen molar-refractivity contribution in [2.75, 3.05) is 19.6 Å². The Morgan fingerprint density at radius 1 is 1.47 bits per heavy atom. The molecule has 0 saturated carbocycles. The number of aliphatic carboxylic acids is 1. The third kappa shape index (κ3) is 4.47. The fourth-order valence-corrected chi connectivity index (χ4v) is 2.47. The molecule has 0 aromatic rings. The van der Waals surface area contributed by atoms with Crippen LogP contribution >= 0.6 is 0 Å². The van der Waals surface area contributed by atoms with Crippen molar-refractivity contribution in [2.45, 2.75) is 45.1 Å². The van der Waals surface area contributed by atoms with E-state index in [0.717, 1.165) is 25.8 Å². The maximum Gasteiger partial charge on any atom is 0.306 e. The summed E-state index contributed by atoms with van der Waals surface area (Å²) in [5.41, 5.74) is -1.85. The molecule has 0 aromatic heterocycles. The van der Waals surface area contributed by atoms with E-state index >= 15 is 0 Å². The number of amides is 1. The van der Waals surface area contributed by atoms with E-state index in [4.69, 9.17) is 5.11 Å². The van der Waals surface area contributed by atoms with Crippen molar-refractivity contribution in [1.82, 2.24) is 10.6 Å². The highest BCUT2D eigenvalue weighted by molar-refractivity contribution is 5.83. The van der Waals surface area contributed by atoms with E-state index in [1.54, 1.807) is 0 Å². The van der Waals surface area contributed by atoms with Crippen molar-refractivity contribution < 1.29 is 19.8 Å². The molecule has 2 atom stereocenters. The van der Waals surface area contributed by atoms with Crippen LogP contribution in [0.15, 0.2) is 0 Å². The zero-order valence-corrected chi connectivity index (χ0v) is 11.7. The number of carbonyl (C=O) groups is 2. The summed E-state index contributed by atoms with van der Waals surface area (Å²) in [4.78, 5) is 22.9. The van der Waals surface area contributed by atoms with Gasteiger partial charge < -0.3 is 20.8 Å². The Hall–Kier alpha value is -1.14. The number of nitrogens with one attached hydrogen (secondary N) is 2. The molecule has 19 heavy (non-hydrogen) atoms. The molecule has 2 unspecified atom stereocenters. The predicted octanol–water partition coefficient (Wildman–Crippen LogP) is 0.108. The highest BCUT2D eigenvalue weighted by atomic mass is 16.4. The Labute approximate surface area is 113 Å². The number of carbonyl (C=O) groups excluding carboxylic acids is 1. The summed E-state index contributed by atoms with van der Waals surface area (Å²) in [6.45, 7) is 4.91. The molecule has 1 saturated heterocycles. The fourth-order valence-electron chi connectivity index (χ4n) is 2.47. The predicted molar refractivity (Wildman–Crippen MR) is 70.7 cm³/mol. The van der Waals surface area contributed by atoms with Gasteiger partial charge in [-0.05, 0) is 32.7 Å². The number of rotatable bonds is 6. The van der Waals surface area contributed by atoms with Gasteiger partial charge in [0.05, 0.1) is 17.4 Å². The van der Waals surface area contributed by atoms with Gasteiger partial charge in [-0.1, -0.05) is 6.92 Å². The molecule has 1 amide bonds. The van der Waals surface area contributed by atoms with E-state index in [0.29, 0.717) is 6.54 Å². The van der Waals surface area contributed by atoms with E-state index in [9.17, 15) is 14.7 Å². The quantitative estimate of drug-likeness (QED) is 0.550. The van der Waals surface area contributed by atoms with Gasteiger partial charge in [0, 0.05) is 13.1 Å². The number of piperidine rings is 1. The summed E-state index contributed by atoms with van der Waals surface area (Å²) >= 11 is 0. The number of hydrogen-bond donors (Lipinski definition) is 4. The van der Waals surface area contributed by atoms with Crippen LogP contribution in [-0.2, 0) is 9.59 Å². The molecule has 1 aliphatic heterocycles. The van der Waals surface area contributed by atoms with Gasteiger partial charge >= 0.3 is 5.97 Å². The first-order valence-electron chi connectivity index (χ1n) is 6.74. The van der Waals surface area contributed by atoms with Gasteiger partial charge in [-0.15, -0.1) is 0 Å². The Kier molecular flexibility index (Phi) is 5.31. The average Bonchev–Trinajstić information content (AvgIpc) is 2.35. The first-order valence-corrected chi connectivity index (χ1v) is 6.74. The van der Waals surface area contributed by atoms with Gasteiger partial charge in [0.25, 0.3) is 0 Å². The third-order valence-corrected chi connectivity index (χ3v) is 3.79. The zero-order chi connectivity index (χ0) is 14.5. The monoisotopic (exact) mass is 272 g/mol. The van der Waals surface area contributed by atoms with Gasteiger partial charge in [-0.2, -0.15) is 0 Å². The van der Waals surface area contributed by atoms with Crippen LogP contribution in [0.4, 0.5) is 0 Å². The zero-order valence-electron chi connectivity index (χ0n) is 11.7. The molecule has 6 nitrogen and oxygen atoms in total. The van der Waals surface area contributed by atoms with Gasteiger partial charge in [-0.3, -0.25) is 9.59 Å². The van der Waals surface area contributed by atoms with E-state index < -0.39 is 17.0 Å². The molecule has 0 aromatic carbocycles. The number of carboxylic acids is 1. The lowest BCUT2D eigenvalue weighted by molar-refractivity contribution is -0.143. The molecule has 1 rings (SSSR count). The van der Waals surface area contributed by atoms with Crippen LogP contribution in [0.25, 0.3) is 0 Å². The Bertz CT molecular complexity index is 336. The number of hydrogen-bond acceptors (Lipinski definition) is 4. The van der Waals surface area contributed by atoms with E-state index in [-0.39, 0.29) is 18.9 Å². The molecular formula is C13H24N2O4. The van der Waals surface area contributed by atoms with Crippen molar-refractivity contribution in [3.05, 3.63) is 0 Å². The minimum atomic E-state index is -1.42.